The number of hydrogen-bond donors (Lipinski definition) is 10. The number of carbonyl (C=O) groups is 2. The first-order chi connectivity index (χ1) is 28.3. The molecule has 2 saturated heterocycles. The molecule has 0 radical (unpaired) electrons. The minimum Gasteiger partial charge on any atom is -0.511 e. The van der Waals surface area contributed by atoms with Crippen LogP contribution in [0.1, 0.15) is 99.3 Å². The quantitative estimate of drug-likeness (QED) is 0.0232. The molecule has 0 aromatic rings. The topological polar surface area (TPSA) is 241 Å². The molecule has 0 unspecified atom stereocenters. The van der Waals surface area contributed by atoms with Crippen LogP contribution in [0.25, 0.3) is 0 Å². The largest absolute Gasteiger partial charge is 0.511 e. The fourth-order valence-corrected chi connectivity index (χ4v) is 9.59. The molecule has 13 heteroatoms. The number of nitrogens with zero attached hydrogens (tertiary/aromatic N) is 1. The molecule has 0 bridgehead atoms. The summed E-state index contributed by atoms with van der Waals surface area (Å²) in [6.07, 6.45) is 17.0. The third kappa shape index (κ3) is 11.9. The van der Waals surface area contributed by atoms with E-state index in [9.17, 15) is 45.3 Å². The van der Waals surface area contributed by atoms with E-state index in [0.29, 0.717) is 31.3 Å². The number of likely N-dealkylation sites (tertiary alicyclic amines) is 1. The Morgan fingerprint density at radius 1 is 0.967 bits per heavy atom. The number of fused-ring (bicyclic) bond motifs is 1. The molecule has 0 aromatic carbocycles. The number of allylic oxidation sites excluding steroid dienone is 3. The molecule has 334 valence electrons. The summed E-state index contributed by atoms with van der Waals surface area (Å²) < 4.78 is 0. The number of aliphatic hydroxyl groups excluding tert-OH is 7. The molecule has 3 fully saturated rings. The Balaban J connectivity index is 1.30. The van der Waals surface area contributed by atoms with Gasteiger partial charge in [-0.05, 0) is 89.2 Å². The molecule has 2 aliphatic carbocycles. The normalized spacial score (nSPS) is 31.2. The summed E-state index contributed by atoms with van der Waals surface area (Å²) >= 11 is 0. The highest BCUT2D eigenvalue weighted by molar-refractivity contribution is 6.25. The lowest BCUT2D eigenvalue weighted by molar-refractivity contribution is -0.117. The molecule has 13 atom stereocenters. The lowest BCUT2D eigenvalue weighted by atomic mass is 9.52. The number of carbonyl (C=O) groups excluding carboxylic acids is 2. The predicted octanol–water partition coefficient (Wildman–Crippen LogP) is 4.41. The van der Waals surface area contributed by atoms with E-state index in [1.165, 1.54) is 0 Å². The smallest absolute Gasteiger partial charge is 0.258 e. The average Bonchev–Trinajstić information content (AvgIpc) is 3.82. The van der Waals surface area contributed by atoms with Crippen molar-refractivity contribution in [3.63, 3.8) is 0 Å². The van der Waals surface area contributed by atoms with Gasteiger partial charge in [-0.3, -0.25) is 15.0 Å². The van der Waals surface area contributed by atoms with E-state index in [0.717, 1.165) is 37.0 Å². The Hall–Kier alpha value is -3.85. The molecule has 0 spiro atoms. The molecule has 4 rings (SSSR count). The van der Waals surface area contributed by atoms with Crippen molar-refractivity contribution >= 4 is 17.6 Å². The van der Waals surface area contributed by atoms with Crippen LogP contribution in [-0.4, -0.2) is 114 Å². The van der Waals surface area contributed by atoms with Gasteiger partial charge >= 0.3 is 0 Å². The zero-order valence-corrected chi connectivity index (χ0v) is 36.4. The van der Waals surface area contributed by atoms with Crippen LogP contribution in [0.2, 0.25) is 0 Å². The highest BCUT2D eigenvalue weighted by Crippen LogP contribution is 2.57. The van der Waals surface area contributed by atoms with E-state index < -0.39 is 59.6 Å². The summed E-state index contributed by atoms with van der Waals surface area (Å²) in [6.45, 7) is 11.7. The van der Waals surface area contributed by atoms with Crippen molar-refractivity contribution in [2.24, 2.45) is 40.7 Å². The van der Waals surface area contributed by atoms with Crippen LogP contribution in [0.15, 0.2) is 82.7 Å². The van der Waals surface area contributed by atoms with Gasteiger partial charge in [-0.2, -0.15) is 0 Å². The van der Waals surface area contributed by atoms with Crippen molar-refractivity contribution in [2.75, 3.05) is 13.1 Å². The minimum atomic E-state index is -1.04. The van der Waals surface area contributed by atoms with Crippen molar-refractivity contribution in [1.29, 1.82) is 5.41 Å². The van der Waals surface area contributed by atoms with Crippen molar-refractivity contribution in [3.8, 4) is 0 Å². The van der Waals surface area contributed by atoms with Crippen LogP contribution in [0, 0.1) is 40.4 Å². The maximum Gasteiger partial charge on any atom is 0.258 e. The van der Waals surface area contributed by atoms with Gasteiger partial charge in [0.2, 0.25) is 0 Å². The van der Waals surface area contributed by atoms with Crippen LogP contribution in [0.4, 0.5) is 0 Å². The van der Waals surface area contributed by atoms with Crippen molar-refractivity contribution in [3.05, 3.63) is 82.7 Å². The number of nitrogens with one attached hydrogen (secondary N) is 2. The monoisotopic (exact) mass is 837 g/mol. The molecule has 4 aliphatic rings. The Bertz CT molecular complexity index is 1730. The third-order valence-corrected chi connectivity index (χ3v) is 13.5. The molecule has 0 aromatic heterocycles. The fraction of sp³-hybridized carbons (Fsp3) is 0.638. The number of hydrogen-bond acceptors (Lipinski definition) is 10. The third-order valence-electron chi connectivity index (χ3n) is 13.5. The van der Waals surface area contributed by atoms with E-state index in [1.54, 1.807) is 44.2 Å². The maximum atomic E-state index is 12.7. The fourth-order valence-electron chi connectivity index (χ4n) is 9.59. The van der Waals surface area contributed by atoms with Crippen LogP contribution in [-0.2, 0) is 9.59 Å². The number of nitrogens with two attached hydrogens (primary N) is 1. The van der Waals surface area contributed by atoms with Crippen LogP contribution >= 0.6 is 0 Å². The zero-order valence-electron chi connectivity index (χ0n) is 36.4. The zero-order chi connectivity index (χ0) is 44.5. The first-order valence-corrected chi connectivity index (χ1v) is 21.8. The van der Waals surface area contributed by atoms with E-state index >= 15 is 0 Å². The molecular formula is C47H72N4O9. The van der Waals surface area contributed by atoms with Gasteiger partial charge in [0.1, 0.15) is 11.3 Å². The van der Waals surface area contributed by atoms with Gasteiger partial charge in [0.15, 0.2) is 11.7 Å². The van der Waals surface area contributed by atoms with Crippen LogP contribution < -0.4 is 11.1 Å². The van der Waals surface area contributed by atoms with Gasteiger partial charge < -0.3 is 51.7 Å². The van der Waals surface area contributed by atoms with Gasteiger partial charge in [0, 0.05) is 41.7 Å². The van der Waals surface area contributed by atoms with Crippen LogP contribution in [0.3, 0.4) is 0 Å². The van der Waals surface area contributed by atoms with E-state index in [2.05, 4.69) is 11.4 Å². The summed E-state index contributed by atoms with van der Waals surface area (Å²) in [4.78, 5) is 27.3. The molecule has 60 heavy (non-hydrogen) atoms. The average molecular weight is 837 g/mol. The molecule has 1 saturated carbocycles. The number of rotatable bonds is 18. The Morgan fingerprint density at radius 3 is 2.33 bits per heavy atom. The number of aliphatic hydroxyl groups is 7. The first-order valence-electron chi connectivity index (χ1n) is 21.8. The summed E-state index contributed by atoms with van der Waals surface area (Å²) in [6, 6.07) is 0.0523. The second-order valence-electron chi connectivity index (χ2n) is 18.0. The van der Waals surface area contributed by atoms with Crippen molar-refractivity contribution in [2.45, 2.75) is 142 Å². The van der Waals surface area contributed by atoms with Gasteiger partial charge in [0.25, 0.3) is 5.91 Å². The van der Waals surface area contributed by atoms with E-state index in [1.807, 2.05) is 50.8 Å². The second-order valence-corrected chi connectivity index (χ2v) is 18.0. The number of ketones is 1. The minimum absolute atomic E-state index is 0.0308. The second kappa shape index (κ2) is 21.8. The van der Waals surface area contributed by atoms with E-state index in [-0.39, 0.29) is 66.4 Å². The molecule has 13 nitrogen and oxygen atoms in total. The highest BCUT2D eigenvalue weighted by atomic mass is 16.3. The Kier molecular flexibility index (Phi) is 17.7. The first kappa shape index (κ1) is 48.8. The predicted molar refractivity (Wildman–Crippen MR) is 233 cm³/mol. The summed E-state index contributed by atoms with van der Waals surface area (Å²) in [5.41, 5.74) is 6.69. The molecule has 1 amide bonds. The van der Waals surface area contributed by atoms with Gasteiger partial charge in [-0.25, -0.2) is 0 Å². The lowest BCUT2D eigenvalue weighted by Crippen LogP contribution is -2.49. The highest BCUT2D eigenvalue weighted by Gasteiger charge is 2.54. The van der Waals surface area contributed by atoms with Crippen molar-refractivity contribution < 1.29 is 45.3 Å². The number of guanidine groups is 1. The van der Waals surface area contributed by atoms with E-state index in [4.69, 9.17) is 11.1 Å². The number of Topliss-reactive ketones (excluding diaryl/α,β-unsaturated/α-hetero) is 1. The number of amides is 1. The Labute approximate surface area is 356 Å². The molecular weight excluding hydrogens is 765 g/mol. The summed E-state index contributed by atoms with van der Waals surface area (Å²) in [5, 5.41) is 86.8. The van der Waals surface area contributed by atoms with Gasteiger partial charge in [-0.1, -0.05) is 87.4 Å². The standard InChI is InChI=1S/C47H72N4O9/c1-27(38(54)12-8-13-39(55)28(2)16-21-34(53)25-32-10-9-23-51(32)46(48)49)15-19-33(52)20-17-29(3)43(58)30(4)18-22-36-31(5)24-35-37(11-7-14-40(35)56)47(36,6)44(59)42-41(57)26-50-45(42)60/h8,12,15-19,22,24,27,30,32-40,43,52-56,58-59H,7,9-11,13-14,20-21,23,25-26H2,1-6H3,(H3,48,49)(H,50,60)/b12-8+,19-15+,22-18+,28-16+,29-17+,44-42-/t27-,30+,32+,33-,34+,35-,36+,37-,38+,39-,40+,43-,47+/m0/s1. The maximum absolute atomic E-state index is 12.7. The van der Waals surface area contributed by atoms with Crippen molar-refractivity contribution in [1.82, 2.24) is 10.2 Å². The summed E-state index contributed by atoms with van der Waals surface area (Å²) in [7, 11) is 0. The Morgan fingerprint density at radius 2 is 1.67 bits per heavy atom. The SMILES string of the molecule is CC1=C[C@@H]2[C@H](O)CCC[C@@H]2[C@](C)(/C(O)=C2\C(=O)CNC2=O)[C@@H]1/C=C/[C@@H](C)[C@@H](O)/C(C)=C/C[C@@H](O)/C=C/[C@H](C)[C@H](O)/C=C/C[C@H](O)/C(C)=C/C[C@@H](O)C[C@H]1CCCN1C(=N)N. The summed E-state index contributed by atoms with van der Waals surface area (Å²) in [5.74, 6) is -2.79. The van der Waals surface area contributed by atoms with Gasteiger partial charge in [-0.15, -0.1) is 0 Å². The molecule has 11 N–H and O–H groups in total. The lowest BCUT2D eigenvalue weighted by Gasteiger charge is -2.52. The van der Waals surface area contributed by atoms with Crippen LogP contribution in [0.5, 0.6) is 0 Å². The van der Waals surface area contributed by atoms with Gasteiger partial charge in [0.05, 0.1) is 43.2 Å². The molecule has 2 heterocycles. The molecule has 2 aliphatic heterocycles.